The summed E-state index contributed by atoms with van der Waals surface area (Å²) in [4.78, 5) is 0. The van der Waals surface area contributed by atoms with Gasteiger partial charge in [-0.1, -0.05) is 22.0 Å². The second-order valence-corrected chi connectivity index (χ2v) is 6.22. The molecule has 2 aromatic rings. The Labute approximate surface area is 138 Å². The third kappa shape index (κ3) is 2.99. The molecule has 106 valence electrons. The van der Waals surface area contributed by atoms with E-state index in [9.17, 15) is 5.26 Å². The Morgan fingerprint density at radius 1 is 1.19 bits per heavy atom. The van der Waals surface area contributed by atoms with E-state index < -0.39 is 6.04 Å². The van der Waals surface area contributed by atoms with Gasteiger partial charge in [0.15, 0.2) is 11.5 Å². The highest BCUT2D eigenvalue weighted by Gasteiger charge is 2.21. The van der Waals surface area contributed by atoms with E-state index in [2.05, 4.69) is 43.2 Å². The molecule has 0 bridgehead atoms. The van der Waals surface area contributed by atoms with E-state index in [1.165, 1.54) is 0 Å². The zero-order valence-corrected chi connectivity index (χ0v) is 13.9. The monoisotopic (exact) mass is 408 g/mol. The molecule has 0 spiro atoms. The summed E-state index contributed by atoms with van der Waals surface area (Å²) in [6, 6.07) is 13.2. The number of anilines is 1. The molecule has 2 aromatic carbocycles. The summed E-state index contributed by atoms with van der Waals surface area (Å²) in [6.07, 6.45) is 0. The highest BCUT2D eigenvalue weighted by molar-refractivity contribution is 9.10. The Morgan fingerprint density at radius 3 is 2.81 bits per heavy atom. The second kappa shape index (κ2) is 5.96. The molecule has 1 N–H and O–H groups in total. The van der Waals surface area contributed by atoms with Crippen LogP contribution in [0.1, 0.15) is 11.6 Å². The smallest absolute Gasteiger partial charge is 0.231 e. The fourth-order valence-electron chi connectivity index (χ4n) is 2.09. The van der Waals surface area contributed by atoms with Gasteiger partial charge in [-0.05, 0) is 51.8 Å². The fourth-order valence-corrected chi connectivity index (χ4v) is 3.06. The number of benzene rings is 2. The van der Waals surface area contributed by atoms with E-state index in [0.29, 0.717) is 11.5 Å². The number of halogens is 2. The van der Waals surface area contributed by atoms with Gasteiger partial charge in [-0.2, -0.15) is 5.26 Å². The average molecular weight is 410 g/mol. The third-order valence-electron chi connectivity index (χ3n) is 3.05. The molecule has 1 aliphatic rings. The maximum atomic E-state index is 9.44. The number of nitrogens with one attached hydrogen (secondary N) is 1. The summed E-state index contributed by atoms with van der Waals surface area (Å²) in [5, 5.41) is 12.6. The van der Waals surface area contributed by atoms with Gasteiger partial charge in [0.25, 0.3) is 0 Å². The molecule has 1 aliphatic heterocycles. The van der Waals surface area contributed by atoms with Gasteiger partial charge in [-0.15, -0.1) is 0 Å². The van der Waals surface area contributed by atoms with Crippen molar-refractivity contribution < 1.29 is 9.47 Å². The van der Waals surface area contributed by atoms with Crippen LogP contribution in [0.15, 0.2) is 45.3 Å². The maximum Gasteiger partial charge on any atom is 0.231 e. The number of hydrogen-bond acceptors (Lipinski definition) is 4. The van der Waals surface area contributed by atoms with Crippen LogP contribution in [0.5, 0.6) is 11.5 Å². The van der Waals surface area contributed by atoms with Crippen molar-refractivity contribution in [2.75, 3.05) is 12.1 Å². The Hall–Kier alpha value is -1.71. The highest BCUT2D eigenvalue weighted by Crippen LogP contribution is 2.41. The lowest BCUT2D eigenvalue weighted by Gasteiger charge is -2.14. The molecule has 6 heteroatoms. The van der Waals surface area contributed by atoms with Crippen molar-refractivity contribution in [2.45, 2.75) is 6.04 Å². The molecule has 0 amide bonds. The fraction of sp³-hybridized carbons (Fsp3) is 0.133. The van der Waals surface area contributed by atoms with E-state index in [4.69, 9.17) is 9.47 Å². The third-order valence-corrected chi connectivity index (χ3v) is 4.13. The van der Waals surface area contributed by atoms with Crippen molar-refractivity contribution in [1.82, 2.24) is 0 Å². The van der Waals surface area contributed by atoms with E-state index in [1.54, 1.807) is 0 Å². The first-order chi connectivity index (χ1) is 10.2. The minimum absolute atomic E-state index is 0.202. The van der Waals surface area contributed by atoms with E-state index in [-0.39, 0.29) is 6.79 Å². The van der Waals surface area contributed by atoms with Crippen LogP contribution in [0.25, 0.3) is 0 Å². The maximum absolute atomic E-state index is 9.44. The molecule has 0 aliphatic carbocycles. The van der Waals surface area contributed by atoms with Crippen molar-refractivity contribution in [2.24, 2.45) is 0 Å². The van der Waals surface area contributed by atoms with E-state index >= 15 is 0 Å². The number of fused-ring (bicyclic) bond motifs is 1. The quantitative estimate of drug-likeness (QED) is 0.803. The van der Waals surface area contributed by atoms with E-state index in [0.717, 1.165) is 20.2 Å². The number of nitrogens with zero attached hydrogens (tertiary/aromatic N) is 1. The molecule has 0 fully saturated rings. The summed E-state index contributed by atoms with van der Waals surface area (Å²) in [5.41, 5.74) is 1.68. The standard InChI is InChI=1S/C15H10Br2N2O2/c16-10-2-1-3-11(6-10)19-13(7-18)9-4-12(17)15-14(5-9)20-8-21-15/h1-6,13,19H,8H2. The SMILES string of the molecule is N#CC(Nc1cccc(Br)c1)c1cc(Br)c2c(c1)OCO2. The van der Waals surface area contributed by atoms with Crippen molar-refractivity contribution in [3.8, 4) is 17.6 Å². The average Bonchev–Trinajstić information content (AvgIpc) is 2.93. The van der Waals surface area contributed by atoms with Crippen molar-refractivity contribution >= 4 is 37.5 Å². The van der Waals surface area contributed by atoms with Gasteiger partial charge in [0.2, 0.25) is 6.79 Å². The van der Waals surface area contributed by atoms with Gasteiger partial charge in [-0.3, -0.25) is 0 Å². The number of rotatable bonds is 3. The molecule has 0 saturated heterocycles. The van der Waals surface area contributed by atoms with Gasteiger partial charge in [-0.25, -0.2) is 0 Å². The van der Waals surface area contributed by atoms with Crippen LogP contribution < -0.4 is 14.8 Å². The van der Waals surface area contributed by atoms with Gasteiger partial charge in [0, 0.05) is 10.2 Å². The molecule has 0 saturated carbocycles. The predicted molar refractivity (Wildman–Crippen MR) is 86.4 cm³/mol. The van der Waals surface area contributed by atoms with Gasteiger partial charge in [0.05, 0.1) is 10.5 Å². The van der Waals surface area contributed by atoms with Crippen LogP contribution in [-0.2, 0) is 0 Å². The number of hydrogen-bond donors (Lipinski definition) is 1. The minimum Gasteiger partial charge on any atom is -0.454 e. The van der Waals surface area contributed by atoms with Crippen molar-refractivity contribution in [3.63, 3.8) is 0 Å². The number of ether oxygens (including phenoxy) is 2. The van der Waals surface area contributed by atoms with Crippen LogP contribution in [0.2, 0.25) is 0 Å². The normalized spacial score (nSPS) is 13.6. The predicted octanol–water partition coefficient (Wildman–Crippen LogP) is 4.62. The first-order valence-corrected chi connectivity index (χ1v) is 7.77. The van der Waals surface area contributed by atoms with Crippen LogP contribution in [-0.4, -0.2) is 6.79 Å². The van der Waals surface area contributed by atoms with Crippen LogP contribution in [0.4, 0.5) is 5.69 Å². The minimum atomic E-state index is -0.481. The van der Waals surface area contributed by atoms with E-state index in [1.807, 2.05) is 36.4 Å². The second-order valence-electron chi connectivity index (χ2n) is 4.45. The Morgan fingerprint density at radius 2 is 2.05 bits per heavy atom. The molecule has 1 atom stereocenters. The molecular weight excluding hydrogens is 400 g/mol. The molecule has 21 heavy (non-hydrogen) atoms. The molecule has 0 radical (unpaired) electrons. The topological polar surface area (TPSA) is 54.3 Å². The summed E-state index contributed by atoms with van der Waals surface area (Å²) in [7, 11) is 0. The first kappa shape index (κ1) is 14.2. The van der Waals surface area contributed by atoms with Crippen molar-refractivity contribution in [3.05, 3.63) is 50.9 Å². The van der Waals surface area contributed by atoms with Crippen molar-refractivity contribution in [1.29, 1.82) is 5.26 Å². The Kier molecular flexibility index (Phi) is 4.04. The zero-order chi connectivity index (χ0) is 14.8. The number of nitriles is 1. The zero-order valence-electron chi connectivity index (χ0n) is 10.8. The molecule has 1 unspecified atom stereocenters. The lowest BCUT2D eigenvalue weighted by atomic mass is 10.1. The summed E-state index contributed by atoms with van der Waals surface area (Å²) in [5.74, 6) is 1.33. The van der Waals surface area contributed by atoms with Crippen LogP contribution in [0.3, 0.4) is 0 Å². The molecule has 0 aromatic heterocycles. The van der Waals surface area contributed by atoms with Gasteiger partial charge >= 0.3 is 0 Å². The summed E-state index contributed by atoms with van der Waals surface area (Å²) < 4.78 is 12.5. The summed E-state index contributed by atoms with van der Waals surface area (Å²) in [6.45, 7) is 0.202. The van der Waals surface area contributed by atoms with Gasteiger partial charge < -0.3 is 14.8 Å². The Balaban J connectivity index is 1.91. The molecule has 4 nitrogen and oxygen atoms in total. The largest absolute Gasteiger partial charge is 0.454 e. The first-order valence-electron chi connectivity index (χ1n) is 6.18. The lowest BCUT2D eigenvalue weighted by molar-refractivity contribution is 0.173. The van der Waals surface area contributed by atoms with Crippen LogP contribution in [0, 0.1) is 11.3 Å². The Bertz CT molecular complexity index is 728. The van der Waals surface area contributed by atoms with Crippen LogP contribution >= 0.6 is 31.9 Å². The molecule has 3 rings (SSSR count). The highest BCUT2D eigenvalue weighted by atomic mass is 79.9. The van der Waals surface area contributed by atoms with Gasteiger partial charge in [0.1, 0.15) is 6.04 Å². The molecule has 1 heterocycles. The molecular formula is C15H10Br2N2O2. The lowest BCUT2D eigenvalue weighted by Crippen LogP contribution is -2.08. The summed E-state index contributed by atoms with van der Waals surface area (Å²) >= 11 is 6.86.